The Morgan fingerprint density at radius 1 is 1.58 bits per heavy atom. The van der Waals surface area contributed by atoms with Crippen molar-refractivity contribution in [1.82, 2.24) is 9.19 Å². The van der Waals surface area contributed by atoms with Gasteiger partial charge in [-0.05, 0) is 0 Å². The van der Waals surface area contributed by atoms with Crippen molar-refractivity contribution in [2.24, 2.45) is 5.92 Å². The van der Waals surface area contributed by atoms with Crippen LogP contribution in [-0.2, 0) is 12.8 Å². The van der Waals surface area contributed by atoms with Crippen LogP contribution in [0.5, 0.6) is 0 Å². The van der Waals surface area contributed by atoms with Gasteiger partial charge < -0.3 is 0 Å². The fraction of sp³-hybridized carbons (Fsp3) is 0.778. The van der Waals surface area contributed by atoms with Crippen LogP contribution in [0.3, 0.4) is 0 Å². The molecule has 1 aromatic heterocycles. The number of hydrogen-bond acceptors (Lipinski definition) is 2. The number of nitrogens with zero attached hydrogens (tertiary/aromatic N) is 2. The predicted molar refractivity (Wildman–Crippen MR) is 49.4 cm³/mol. The summed E-state index contributed by atoms with van der Waals surface area (Å²) in [6.07, 6.45) is 6.53. The van der Waals surface area contributed by atoms with Crippen LogP contribution in [0.25, 0.3) is 0 Å². The molecule has 0 amide bonds. The van der Waals surface area contributed by atoms with Gasteiger partial charge in [-0.25, -0.2) is 0 Å². The van der Waals surface area contributed by atoms with E-state index in [1.165, 1.54) is 37.8 Å². The molecule has 1 heterocycles. The number of aryl methyl sites for hydroxylation is 1. The number of hydrogen-bond donors (Lipinski definition) is 0. The molecular weight excluding hydrogens is 215 g/mol. The summed E-state index contributed by atoms with van der Waals surface area (Å²) in [6, 6.07) is 0. The van der Waals surface area contributed by atoms with Crippen LogP contribution in [-0.4, -0.2) is 23.9 Å². The van der Waals surface area contributed by atoms with Crippen molar-refractivity contribution in [3.63, 3.8) is 0 Å². The Morgan fingerprint density at radius 2 is 2.50 bits per heavy atom. The van der Waals surface area contributed by atoms with Gasteiger partial charge in [-0.2, -0.15) is 0 Å². The molecular formula is C9H14N2Se. The first-order chi connectivity index (χ1) is 5.90. The summed E-state index contributed by atoms with van der Waals surface area (Å²) in [7, 11) is 0. The molecule has 2 rings (SSSR count). The summed E-state index contributed by atoms with van der Waals surface area (Å²) in [5.41, 5.74) is 1.34. The standard InChI is InChI=1S/C9H14N2Se/c1-2-7-4-3-5-8-9(6-7)12-11-10-8/h7H,2-6H2,1H3. The zero-order valence-electron chi connectivity index (χ0n) is 7.42. The van der Waals surface area contributed by atoms with Gasteiger partial charge in [0.2, 0.25) is 0 Å². The molecule has 1 aliphatic carbocycles. The third kappa shape index (κ3) is 1.62. The van der Waals surface area contributed by atoms with Gasteiger partial charge in [-0.15, -0.1) is 0 Å². The van der Waals surface area contributed by atoms with Crippen LogP contribution in [0.2, 0.25) is 0 Å². The molecule has 1 unspecified atom stereocenters. The Labute approximate surface area is 79.4 Å². The molecule has 0 saturated carbocycles. The minimum absolute atomic E-state index is 0.368. The predicted octanol–water partition coefficient (Wildman–Crippen LogP) is 1.44. The normalized spacial score (nSPS) is 23.2. The Kier molecular flexibility index (Phi) is 2.62. The van der Waals surface area contributed by atoms with Crippen LogP contribution in [0, 0.1) is 5.92 Å². The molecule has 0 saturated heterocycles. The molecule has 3 heteroatoms. The molecule has 12 heavy (non-hydrogen) atoms. The first kappa shape index (κ1) is 8.46. The Morgan fingerprint density at radius 3 is 3.33 bits per heavy atom. The van der Waals surface area contributed by atoms with E-state index < -0.39 is 0 Å². The summed E-state index contributed by atoms with van der Waals surface area (Å²) < 4.78 is 5.74. The Bertz CT molecular complexity index is 257. The SMILES string of the molecule is CCC1CCCc2nn[se]c2C1. The first-order valence-corrected chi connectivity index (χ1v) is 6.32. The molecule has 0 spiro atoms. The zero-order chi connectivity index (χ0) is 8.39. The molecule has 2 nitrogen and oxygen atoms in total. The quantitative estimate of drug-likeness (QED) is 0.538. The van der Waals surface area contributed by atoms with Gasteiger partial charge in [-0.3, -0.25) is 0 Å². The maximum atomic E-state index is 4.22. The van der Waals surface area contributed by atoms with E-state index in [9.17, 15) is 0 Å². The van der Waals surface area contributed by atoms with E-state index in [0.717, 1.165) is 5.92 Å². The fourth-order valence-electron chi connectivity index (χ4n) is 1.84. The summed E-state index contributed by atoms with van der Waals surface area (Å²) in [5, 5.41) is 4.22. The molecule has 0 fully saturated rings. The van der Waals surface area contributed by atoms with E-state index >= 15 is 0 Å². The molecule has 1 atom stereocenters. The van der Waals surface area contributed by atoms with Crippen LogP contribution < -0.4 is 0 Å². The third-order valence-electron chi connectivity index (χ3n) is 2.71. The summed E-state index contributed by atoms with van der Waals surface area (Å²) >= 11 is 0.368. The van der Waals surface area contributed by atoms with Crippen molar-refractivity contribution >= 4 is 14.7 Å². The monoisotopic (exact) mass is 230 g/mol. The number of rotatable bonds is 1. The van der Waals surface area contributed by atoms with E-state index in [1.807, 2.05) is 0 Å². The molecule has 1 aliphatic rings. The van der Waals surface area contributed by atoms with E-state index in [0.29, 0.717) is 14.7 Å². The van der Waals surface area contributed by atoms with Crippen molar-refractivity contribution in [2.75, 3.05) is 0 Å². The second kappa shape index (κ2) is 3.71. The van der Waals surface area contributed by atoms with Gasteiger partial charge in [0, 0.05) is 0 Å². The molecule has 0 aliphatic heterocycles. The van der Waals surface area contributed by atoms with E-state index in [2.05, 4.69) is 16.1 Å². The van der Waals surface area contributed by atoms with Crippen molar-refractivity contribution < 1.29 is 0 Å². The molecule has 66 valence electrons. The van der Waals surface area contributed by atoms with Crippen LogP contribution in [0.1, 0.15) is 36.3 Å². The van der Waals surface area contributed by atoms with Crippen molar-refractivity contribution in [3.8, 4) is 0 Å². The third-order valence-corrected chi connectivity index (χ3v) is 4.36. The topological polar surface area (TPSA) is 25.8 Å². The average Bonchev–Trinajstić information content (AvgIpc) is 2.43. The number of fused-ring (bicyclic) bond motifs is 1. The van der Waals surface area contributed by atoms with Gasteiger partial charge >= 0.3 is 79.0 Å². The van der Waals surface area contributed by atoms with Crippen molar-refractivity contribution in [2.45, 2.75) is 39.0 Å². The summed E-state index contributed by atoms with van der Waals surface area (Å²) in [4.78, 5) is 0. The molecule has 0 bridgehead atoms. The Balaban J connectivity index is 2.18. The first-order valence-electron chi connectivity index (χ1n) is 4.70. The maximum absolute atomic E-state index is 4.22. The van der Waals surface area contributed by atoms with Gasteiger partial charge in [-0.1, -0.05) is 0 Å². The van der Waals surface area contributed by atoms with E-state index in [1.54, 1.807) is 4.44 Å². The van der Waals surface area contributed by atoms with Gasteiger partial charge in [0.25, 0.3) is 0 Å². The van der Waals surface area contributed by atoms with Gasteiger partial charge in [0.05, 0.1) is 0 Å². The second-order valence-electron chi connectivity index (χ2n) is 3.51. The van der Waals surface area contributed by atoms with Crippen LogP contribution >= 0.6 is 0 Å². The van der Waals surface area contributed by atoms with Gasteiger partial charge in [0.1, 0.15) is 0 Å². The van der Waals surface area contributed by atoms with Crippen LogP contribution in [0.4, 0.5) is 0 Å². The Hall–Kier alpha value is -0.141. The van der Waals surface area contributed by atoms with E-state index in [4.69, 9.17) is 0 Å². The van der Waals surface area contributed by atoms with Crippen molar-refractivity contribution in [1.29, 1.82) is 0 Å². The molecule has 1 aromatic rings. The van der Waals surface area contributed by atoms with Crippen molar-refractivity contribution in [3.05, 3.63) is 10.1 Å². The fourth-order valence-corrected chi connectivity index (χ4v) is 3.51. The van der Waals surface area contributed by atoms with Gasteiger partial charge in [0.15, 0.2) is 0 Å². The van der Waals surface area contributed by atoms with E-state index in [-0.39, 0.29) is 0 Å². The van der Waals surface area contributed by atoms with Crippen LogP contribution in [0.15, 0.2) is 0 Å². The number of aromatic nitrogens is 2. The minimum atomic E-state index is 0.368. The average molecular weight is 229 g/mol. The summed E-state index contributed by atoms with van der Waals surface area (Å²) in [5.74, 6) is 0.919. The summed E-state index contributed by atoms with van der Waals surface area (Å²) in [6.45, 7) is 2.30. The molecule has 0 radical (unpaired) electrons. The zero-order valence-corrected chi connectivity index (χ0v) is 9.13. The molecule has 0 N–H and O–H groups in total. The second-order valence-corrected chi connectivity index (χ2v) is 5.27. The molecule has 0 aromatic carbocycles.